The van der Waals surface area contributed by atoms with Crippen LogP contribution < -0.4 is 5.43 Å². The van der Waals surface area contributed by atoms with Crippen molar-refractivity contribution in [1.29, 1.82) is 0 Å². The van der Waals surface area contributed by atoms with Crippen LogP contribution in [0.25, 0.3) is 10.9 Å². The maximum Gasteiger partial charge on any atom is 0.192 e. The fourth-order valence-electron chi connectivity index (χ4n) is 1.95. The highest BCUT2D eigenvalue weighted by molar-refractivity contribution is 5.79. The van der Waals surface area contributed by atoms with E-state index in [-0.39, 0.29) is 12.0 Å². The minimum atomic E-state index is 0.0794. The van der Waals surface area contributed by atoms with Gasteiger partial charge in [0.1, 0.15) is 0 Å². The van der Waals surface area contributed by atoms with Crippen LogP contribution in [-0.4, -0.2) is 16.3 Å². The second kappa shape index (κ2) is 4.49. The molecule has 2 rings (SSSR count). The van der Waals surface area contributed by atoms with E-state index in [0.717, 1.165) is 22.9 Å². The van der Waals surface area contributed by atoms with Crippen molar-refractivity contribution in [2.45, 2.75) is 19.9 Å². The smallest absolute Gasteiger partial charge is 0.192 e. The van der Waals surface area contributed by atoms with Crippen LogP contribution in [0.15, 0.2) is 35.3 Å². The van der Waals surface area contributed by atoms with Crippen LogP contribution in [0.4, 0.5) is 0 Å². The van der Waals surface area contributed by atoms with Crippen LogP contribution in [0.5, 0.6) is 0 Å². The van der Waals surface area contributed by atoms with Crippen molar-refractivity contribution in [2.24, 2.45) is 0 Å². The predicted molar refractivity (Wildman–Crippen MR) is 64.7 cm³/mol. The number of aliphatic hydroxyl groups is 1. The second-order valence-corrected chi connectivity index (χ2v) is 3.77. The Morgan fingerprint density at radius 3 is 2.75 bits per heavy atom. The molecule has 1 N–H and O–H groups in total. The van der Waals surface area contributed by atoms with Gasteiger partial charge in [-0.1, -0.05) is 19.1 Å². The zero-order valence-electron chi connectivity index (χ0n) is 9.31. The Kier molecular flexibility index (Phi) is 3.06. The number of para-hydroxylation sites is 1. The molecule has 0 radical (unpaired) electrons. The van der Waals surface area contributed by atoms with E-state index >= 15 is 0 Å². The minimum absolute atomic E-state index is 0.0794. The Hall–Kier alpha value is -1.61. The molecule has 0 fully saturated rings. The molecule has 1 aromatic carbocycles. The van der Waals surface area contributed by atoms with Crippen molar-refractivity contribution in [3.05, 3.63) is 46.2 Å². The third kappa shape index (κ3) is 1.74. The Morgan fingerprint density at radius 2 is 2.06 bits per heavy atom. The molecule has 1 heterocycles. The number of aryl methyl sites for hydroxylation is 1. The monoisotopic (exact) mass is 217 g/mol. The van der Waals surface area contributed by atoms with Crippen molar-refractivity contribution < 1.29 is 5.11 Å². The lowest BCUT2D eigenvalue weighted by molar-refractivity contribution is 0.277. The molecule has 0 saturated heterocycles. The van der Waals surface area contributed by atoms with Gasteiger partial charge < -0.3 is 9.67 Å². The molecule has 0 saturated carbocycles. The van der Waals surface area contributed by atoms with Gasteiger partial charge in [-0.05, 0) is 18.6 Å². The first-order valence-corrected chi connectivity index (χ1v) is 5.50. The Balaban J connectivity index is 2.79. The van der Waals surface area contributed by atoms with E-state index < -0.39 is 0 Å². The molecular weight excluding hydrogens is 202 g/mol. The van der Waals surface area contributed by atoms with Crippen LogP contribution >= 0.6 is 0 Å². The van der Waals surface area contributed by atoms with E-state index in [9.17, 15) is 4.79 Å². The molecule has 0 aliphatic rings. The molecule has 0 unspecified atom stereocenters. The standard InChI is InChI=1S/C13H15NO2/c1-2-10-9-14(7-8-15)12-6-4-3-5-11(12)13(10)16/h3-6,9,15H,2,7-8H2,1H3. The van der Waals surface area contributed by atoms with Gasteiger partial charge in [0, 0.05) is 23.7 Å². The number of hydrogen-bond acceptors (Lipinski definition) is 2. The van der Waals surface area contributed by atoms with E-state index in [4.69, 9.17) is 5.11 Å². The first-order chi connectivity index (χ1) is 7.77. The summed E-state index contributed by atoms with van der Waals surface area (Å²) in [7, 11) is 0. The maximum atomic E-state index is 12.0. The zero-order valence-corrected chi connectivity index (χ0v) is 9.31. The molecule has 0 atom stereocenters. The zero-order chi connectivity index (χ0) is 11.5. The molecular formula is C13H15NO2. The van der Waals surface area contributed by atoms with Crippen molar-refractivity contribution in [3.8, 4) is 0 Å². The molecule has 3 nitrogen and oxygen atoms in total. The number of pyridine rings is 1. The van der Waals surface area contributed by atoms with Gasteiger partial charge in [0.25, 0.3) is 0 Å². The molecule has 84 valence electrons. The number of nitrogens with zero attached hydrogens (tertiary/aromatic N) is 1. The van der Waals surface area contributed by atoms with Gasteiger partial charge in [-0.2, -0.15) is 0 Å². The van der Waals surface area contributed by atoms with Crippen LogP contribution in [-0.2, 0) is 13.0 Å². The summed E-state index contributed by atoms with van der Waals surface area (Å²) >= 11 is 0. The van der Waals surface area contributed by atoms with Crippen LogP contribution in [0.3, 0.4) is 0 Å². The third-order valence-corrected chi connectivity index (χ3v) is 2.78. The van der Waals surface area contributed by atoms with E-state index in [2.05, 4.69) is 0 Å². The predicted octanol–water partition coefficient (Wildman–Crippen LogP) is 1.56. The van der Waals surface area contributed by atoms with Gasteiger partial charge in [-0.15, -0.1) is 0 Å². The van der Waals surface area contributed by atoms with Gasteiger partial charge in [0.2, 0.25) is 0 Å². The van der Waals surface area contributed by atoms with Crippen LogP contribution in [0.1, 0.15) is 12.5 Å². The lowest BCUT2D eigenvalue weighted by Crippen LogP contribution is -2.15. The molecule has 1 aromatic heterocycles. The highest BCUT2D eigenvalue weighted by Gasteiger charge is 2.06. The average molecular weight is 217 g/mol. The van der Waals surface area contributed by atoms with Crippen molar-refractivity contribution >= 4 is 10.9 Å². The summed E-state index contributed by atoms with van der Waals surface area (Å²) in [5.41, 5.74) is 1.79. The summed E-state index contributed by atoms with van der Waals surface area (Å²) in [6, 6.07) is 7.52. The molecule has 3 heteroatoms. The van der Waals surface area contributed by atoms with Gasteiger partial charge in [-0.25, -0.2) is 0 Å². The highest BCUT2D eigenvalue weighted by Crippen LogP contribution is 2.11. The molecule has 2 aromatic rings. The molecule has 0 aliphatic heterocycles. The fraction of sp³-hybridized carbons (Fsp3) is 0.308. The summed E-state index contributed by atoms with van der Waals surface area (Å²) in [4.78, 5) is 12.0. The van der Waals surface area contributed by atoms with Gasteiger partial charge in [-0.3, -0.25) is 4.79 Å². The first-order valence-electron chi connectivity index (χ1n) is 5.50. The van der Waals surface area contributed by atoms with Gasteiger partial charge >= 0.3 is 0 Å². The second-order valence-electron chi connectivity index (χ2n) is 3.77. The largest absolute Gasteiger partial charge is 0.395 e. The van der Waals surface area contributed by atoms with Crippen molar-refractivity contribution in [1.82, 2.24) is 4.57 Å². The summed E-state index contributed by atoms with van der Waals surface area (Å²) in [5.74, 6) is 0. The van der Waals surface area contributed by atoms with Crippen molar-refractivity contribution in [3.63, 3.8) is 0 Å². The van der Waals surface area contributed by atoms with Gasteiger partial charge in [0.15, 0.2) is 5.43 Å². The van der Waals surface area contributed by atoms with E-state index in [1.807, 2.05) is 42.0 Å². The summed E-state index contributed by atoms with van der Waals surface area (Å²) in [6.07, 6.45) is 2.57. The number of hydrogen-bond donors (Lipinski definition) is 1. The number of benzene rings is 1. The molecule has 16 heavy (non-hydrogen) atoms. The average Bonchev–Trinajstić information content (AvgIpc) is 2.33. The highest BCUT2D eigenvalue weighted by atomic mass is 16.3. The lowest BCUT2D eigenvalue weighted by atomic mass is 10.1. The van der Waals surface area contributed by atoms with E-state index in [1.165, 1.54) is 0 Å². The summed E-state index contributed by atoms with van der Waals surface area (Å²) < 4.78 is 1.94. The number of rotatable bonds is 3. The Morgan fingerprint density at radius 1 is 1.31 bits per heavy atom. The lowest BCUT2D eigenvalue weighted by Gasteiger charge is -2.11. The van der Waals surface area contributed by atoms with Crippen LogP contribution in [0, 0.1) is 0 Å². The van der Waals surface area contributed by atoms with E-state index in [0.29, 0.717) is 6.54 Å². The first kappa shape index (κ1) is 10.9. The maximum absolute atomic E-state index is 12.0. The summed E-state index contributed by atoms with van der Waals surface area (Å²) in [6.45, 7) is 2.57. The quantitative estimate of drug-likeness (QED) is 0.847. The van der Waals surface area contributed by atoms with Crippen molar-refractivity contribution in [2.75, 3.05) is 6.61 Å². The number of fused-ring (bicyclic) bond motifs is 1. The SMILES string of the molecule is CCc1cn(CCO)c2ccccc2c1=O. The topological polar surface area (TPSA) is 42.2 Å². The Labute approximate surface area is 94.0 Å². The molecule has 0 aliphatic carbocycles. The Bertz CT molecular complexity index is 557. The third-order valence-electron chi connectivity index (χ3n) is 2.78. The fourth-order valence-corrected chi connectivity index (χ4v) is 1.95. The normalized spacial score (nSPS) is 10.9. The van der Waals surface area contributed by atoms with Gasteiger partial charge in [0.05, 0.1) is 12.1 Å². The summed E-state index contributed by atoms with van der Waals surface area (Å²) in [5, 5.41) is 9.74. The van der Waals surface area contributed by atoms with Crippen LogP contribution in [0.2, 0.25) is 0 Å². The molecule has 0 bridgehead atoms. The number of aromatic nitrogens is 1. The molecule has 0 spiro atoms. The minimum Gasteiger partial charge on any atom is -0.395 e. The molecule has 0 amide bonds. The number of aliphatic hydroxyl groups excluding tert-OH is 1. The van der Waals surface area contributed by atoms with E-state index in [1.54, 1.807) is 0 Å².